The Morgan fingerprint density at radius 3 is 2.00 bits per heavy atom. The average Bonchev–Trinajstić information content (AvgIpc) is 2.80. The molecule has 0 atom stereocenters. The molecule has 0 radical (unpaired) electrons. The summed E-state index contributed by atoms with van der Waals surface area (Å²) in [7, 11) is 0. The minimum absolute atomic E-state index is 0.227. The molecule has 2 rings (SSSR count). The van der Waals surface area contributed by atoms with Crippen molar-refractivity contribution in [2.24, 2.45) is 5.41 Å². The predicted octanol–water partition coefficient (Wildman–Crippen LogP) is 2.12. The SMILES string of the molecule is CC(C)(C)C(=O)N1CCN(C2CCCC2)CC1. The van der Waals surface area contributed by atoms with E-state index in [2.05, 4.69) is 4.90 Å². The van der Waals surface area contributed by atoms with Crippen molar-refractivity contribution in [2.45, 2.75) is 52.5 Å². The van der Waals surface area contributed by atoms with Gasteiger partial charge in [-0.25, -0.2) is 0 Å². The van der Waals surface area contributed by atoms with Gasteiger partial charge in [0.25, 0.3) is 0 Å². The molecule has 98 valence electrons. The van der Waals surface area contributed by atoms with Gasteiger partial charge in [0, 0.05) is 37.6 Å². The van der Waals surface area contributed by atoms with Gasteiger partial charge < -0.3 is 4.90 Å². The minimum Gasteiger partial charge on any atom is -0.340 e. The van der Waals surface area contributed by atoms with Crippen LogP contribution in [0.3, 0.4) is 0 Å². The molecule has 2 aliphatic rings. The lowest BCUT2D eigenvalue weighted by atomic mass is 9.94. The summed E-state index contributed by atoms with van der Waals surface area (Å²) in [6, 6.07) is 0.807. The van der Waals surface area contributed by atoms with Crippen LogP contribution in [0.4, 0.5) is 0 Å². The molecule has 0 N–H and O–H groups in total. The van der Waals surface area contributed by atoms with Gasteiger partial charge in [-0.05, 0) is 12.8 Å². The zero-order valence-electron chi connectivity index (χ0n) is 11.5. The molecule has 0 bridgehead atoms. The molecule has 17 heavy (non-hydrogen) atoms. The Balaban J connectivity index is 1.83. The van der Waals surface area contributed by atoms with E-state index in [-0.39, 0.29) is 5.41 Å². The summed E-state index contributed by atoms with van der Waals surface area (Å²) >= 11 is 0. The molecule has 2 fully saturated rings. The second kappa shape index (κ2) is 4.97. The van der Waals surface area contributed by atoms with Gasteiger partial charge in [-0.3, -0.25) is 9.69 Å². The molecule has 1 saturated carbocycles. The smallest absolute Gasteiger partial charge is 0.228 e. The van der Waals surface area contributed by atoms with E-state index in [1.807, 2.05) is 25.7 Å². The summed E-state index contributed by atoms with van der Waals surface area (Å²) in [5.74, 6) is 0.309. The number of carbonyl (C=O) groups excluding carboxylic acids is 1. The number of hydrogen-bond donors (Lipinski definition) is 0. The van der Waals surface area contributed by atoms with Crippen LogP contribution < -0.4 is 0 Å². The number of carbonyl (C=O) groups is 1. The first-order chi connectivity index (χ1) is 7.98. The normalized spacial score (nSPS) is 24.3. The maximum absolute atomic E-state index is 12.2. The van der Waals surface area contributed by atoms with E-state index in [4.69, 9.17) is 0 Å². The monoisotopic (exact) mass is 238 g/mol. The van der Waals surface area contributed by atoms with Crippen LogP contribution in [0.15, 0.2) is 0 Å². The Bertz CT molecular complexity index is 268. The van der Waals surface area contributed by atoms with Crippen molar-refractivity contribution in [3.8, 4) is 0 Å². The summed E-state index contributed by atoms with van der Waals surface area (Å²) < 4.78 is 0. The fourth-order valence-electron chi connectivity index (χ4n) is 3.03. The third-order valence-electron chi connectivity index (χ3n) is 4.08. The summed E-state index contributed by atoms with van der Waals surface area (Å²) in [4.78, 5) is 16.8. The van der Waals surface area contributed by atoms with Crippen LogP contribution in [0, 0.1) is 5.41 Å². The second-order valence-corrected chi connectivity index (χ2v) is 6.52. The number of rotatable bonds is 1. The molecule has 0 aromatic heterocycles. The Morgan fingerprint density at radius 1 is 1.00 bits per heavy atom. The average molecular weight is 238 g/mol. The number of piperazine rings is 1. The maximum atomic E-state index is 12.2. The first-order valence-electron chi connectivity index (χ1n) is 7.02. The van der Waals surface area contributed by atoms with Crippen molar-refractivity contribution in [3.05, 3.63) is 0 Å². The molecule has 1 amide bonds. The zero-order chi connectivity index (χ0) is 12.5. The molecule has 3 heteroatoms. The maximum Gasteiger partial charge on any atom is 0.228 e. The van der Waals surface area contributed by atoms with Crippen LogP contribution in [0.2, 0.25) is 0 Å². The summed E-state index contributed by atoms with van der Waals surface area (Å²) in [6.45, 7) is 10.0. The minimum atomic E-state index is -0.227. The number of nitrogens with zero attached hydrogens (tertiary/aromatic N) is 2. The van der Waals surface area contributed by atoms with Crippen molar-refractivity contribution in [1.29, 1.82) is 0 Å². The largest absolute Gasteiger partial charge is 0.340 e. The lowest BCUT2D eigenvalue weighted by Crippen LogP contribution is -2.53. The van der Waals surface area contributed by atoms with Crippen LogP contribution in [0.25, 0.3) is 0 Å². The lowest BCUT2D eigenvalue weighted by Gasteiger charge is -2.40. The van der Waals surface area contributed by atoms with Gasteiger partial charge in [-0.1, -0.05) is 33.6 Å². The Labute approximate surface area is 105 Å². The van der Waals surface area contributed by atoms with Crippen LogP contribution >= 0.6 is 0 Å². The van der Waals surface area contributed by atoms with E-state index in [9.17, 15) is 4.79 Å². The molecule has 1 heterocycles. The zero-order valence-corrected chi connectivity index (χ0v) is 11.5. The van der Waals surface area contributed by atoms with E-state index in [0.29, 0.717) is 5.91 Å². The van der Waals surface area contributed by atoms with Crippen LogP contribution in [-0.4, -0.2) is 47.9 Å². The molecule has 3 nitrogen and oxygen atoms in total. The van der Waals surface area contributed by atoms with Gasteiger partial charge in [0.2, 0.25) is 5.91 Å². The summed E-state index contributed by atoms with van der Waals surface area (Å²) in [5, 5.41) is 0. The predicted molar refractivity (Wildman–Crippen MR) is 69.9 cm³/mol. The Morgan fingerprint density at radius 2 is 1.53 bits per heavy atom. The van der Waals surface area contributed by atoms with Crippen molar-refractivity contribution >= 4 is 5.91 Å². The molecule has 1 aliphatic heterocycles. The topological polar surface area (TPSA) is 23.6 Å². The van der Waals surface area contributed by atoms with Crippen LogP contribution in [-0.2, 0) is 4.79 Å². The van der Waals surface area contributed by atoms with Crippen molar-refractivity contribution in [3.63, 3.8) is 0 Å². The van der Waals surface area contributed by atoms with Gasteiger partial charge in [-0.2, -0.15) is 0 Å². The molecule has 1 saturated heterocycles. The quantitative estimate of drug-likeness (QED) is 0.698. The highest BCUT2D eigenvalue weighted by molar-refractivity contribution is 5.81. The van der Waals surface area contributed by atoms with E-state index >= 15 is 0 Å². The van der Waals surface area contributed by atoms with Crippen molar-refractivity contribution in [1.82, 2.24) is 9.80 Å². The molecular weight excluding hydrogens is 212 g/mol. The molecule has 0 unspecified atom stereocenters. The van der Waals surface area contributed by atoms with Gasteiger partial charge in [0.15, 0.2) is 0 Å². The first kappa shape index (κ1) is 12.9. The van der Waals surface area contributed by atoms with Crippen molar-refractivity contribution in [2.75, 3.05) is 26.2 Å². The van der Waals surface area contributed by atoms with E-state index in [0.717, 1.165) is 32.2 Å². The lowest BCUT2D eigenvalue weighted by molar-refractivity contribution is -0.141. The van der Waals surface area contributed by atoms with E-state index in [1.165, 1.54) is 25.7 Å². The highest BCUT2D eigenvalue weighted by Gasteiger charge is 2.32. The Hall–Kier alpha value is -0.570. The second-order valence-electron chi connectivity index (χ2n) is 6.52. The highest BCUT2D eigenvalue weighted by Crippen LogP contribution is 2.25. The standard InChI is InChI=1S/C14H26N2O/c1-14(2,3)13(17)16-10-8-15(9-11-16)12-6-4-5-7-12/h12H,4-11H2,1-3H3. The fourth-order valence-corrected chi connectivity index (χ4v) is 3.03. The first-order valence-corrected chi connectivity index (χ1v) is 7.02. The van der Waals surface area contributed by atoms with Gasteiger partial charge in [0.1, 0.15) is 0 Å². The summed E-state index contributed by atoms with van der Waals surface area (Å²) in [6.07, 6.45) is 5.53. The molecule has 1 aliphatic carbocycles. The van der Waals surface area contributed by atoms with Crippen LogP contribution in [0.5, 0.6) is 0 Å². The molecule has 0 spiro atoms. The van der Waals surface area contributed by atoms with Gasteiger partial charge >= 0.3 is 0 Å². The van der Waals surface area contributed by atoms with E-state index < -0.39 is 0 Å². The highest BCUT2D eigenvalue weighted by atomic mass is 16.2. The van der Waals surface area contributed by atoms with Crippen LogP contribution in [0.1, 0.15) is 46.5 Å². The Kier molecular flexibility index (Phi) is 3.76. The van der Waals surface area contributed by atoms with Gasteiger partial charge in [0.05, 0.1) is 0 Å². The third kappa shape index (κ3) is 3.01. The third-order valence-corrected chi connectivity index (χ3v) is 4.08. The molecule has 0 aromatic rings. The van der Waals surface area contributed by atoms with Gasteiger partial charge in [-0.15, -0.1) is 0 Å². The summed E-state index contributed by atoms with van der Waals surface area (Å²) in [5.41, 5.74) is -0.227. The fraction of sp³-hybridized carbons (Fsp3) is 0.929. The van der Waals surface area contributed by atoms with E-state index in [1.54, 1.807) is 0 Å². The molecule has 0 aromatic carbocycles. The number of amides is 1. The molecular formula is C14H26N2O. The van der Waals surface area contributed by atoms with Crippen molar-refractivity contribution < 1.29 is 4.79 Å². The number of hydrogen-bond acceptors (Lipinski definition) is 2.